The second-order valence-corrected chi connectivity index (χ2v) is 5.78. The van der Waals surface area contributed by atoms with E-state index in [1.165, 1.54) is 7.11 Å². The fraction of sp³-hybridized carbons (Fsp3) is 0.500. The molecule has 130 valence electrons. The van der Waals surface area contributed by atoms with Gasteiger partial charge in [0.2, 0.25) is 6.79 Å². The normalized spacial score (nSPS) is 22.2. The molecule has 0 aromatic heterocycles. The van der Waals surface area contributed by atoms with E-state index in [0.29, 0.717) is 30.2 Å². The van der Waals surface area contributed by atoms with E-state index in [2.05, 4.69) is 5.32 Å². The van der Waals surface area contributed by atoms with Crippen LogP contribution in [0.1, 0.15) is 6.42 Å². The number of rotatable bonds is 5. The summed E-state index contributed by atoms with van der Waals surface area (Å²) < 4.78 is 20.7. The second kappa shape index (κ2) is 6.96. The average Bonchev–Trinajstić information content (AvgIpc) is 3.18. The Kier molecular flexibility index (Phi) is 4.75. The first-order chi connectivity index (χ1) is 11.6. The minimum atomic E-state index is -0.324. The molecule has 0 spiro atoms. The van der Waals surface area contributed by atoms with Crippen molar-refractivity contribution >= 4 is 11.9 Å². The summed E-state index contributed by atoms with van der Waals surface area (Å²) in [5.74, 6) is 1.27. The van der Waals surface area contributed by atoms with E-state index in [9.17, 15) is 9.59 Å². The highest BCUT2D eigenvalue weighted by Crippen LogP contribution is 2.35. The molecule has 1 fully saturated rings. The van der Waals surface area contributed by atoms with Crippen LogP contribution in [0, 0.1) is 0 Å². The number of carbonyl (C=O) groups is 2. The molecule has 0 saturated carbocycles. The Morgan fingerprint density at radius 2 is 2.12 bits per heavy atom. The minimum absolute atomic E-state index is 0.105. The summed E-state index contributed by atoms with van der Waals surface area (Å²) in [6.45, 7) is 0.675. The summed E-state index contributed by atoms with van der Waals surface area (Å²) in [5.41, 5.74) is 0. The number of esters is 1. The lowest BCUT2D eigenvalue weighted by atomic mass is 10.1. The predicted molar refractivity (Wildman–Crippen MR) is 83.0 cm³/mol. The van der Waals surface area contributed by atoms with Gasteiger partial charge in [-0.2, -0.15) is 0 Å². The van der Waals surface area contributed by atoms with Gasteiger partial charge in [0, 0.05) is 18.7 Å². The van der Waals surface area contributed by atoms with Crippen LogP contribution in [0.3, 0.4) is 0 Å². The van der Waals surface area contributed by atoms with E-state index in [0.717, 1.165) is 0 Å². The van der Waals surface area contributed by atoms with Crippen molar-refractivity contribution in [3.05, 3.63) is 18.2 Å². The number of benzene rings is 1. The van der Waals surface area contributed by atoms with Crippen LogP contribution in [0.25, 0.3) is 0 Å². The number of methoxy groups -OCH3 is 1. The van der Waals surface area contributed by atoms with Crippen molar-refractivity contribution in [3.8, 4) is 17.2 Å². The monoisotopic (exact) mass is 336 g/mol. The van der Waals surface area contributed by atoms with Crippen LogP contribution in [0.15, 0.2) is 18.2 Å². The maximum atomic E-state index is 12.0. The van der Waals surface area contributed by atoms with Gasteiger partial charge in [0.15, 0.2) is 18.1 Å². The molecule has 2 aliphatic rings. The van der Waals surface area contributed by atoms with Gasteiger partial charge in [-0.15, -0.1) is 0 Å². The third-order valence-corrected chi connectivity index (χ3v) is 4.10. The minimum Gasteiger partial charge on any atom is -0.484 e. The number of hydrogen-bond donors (Lipinski definition) is 1. The first kappa shape index (κ1) is 16.4. The zero-order chi connectivity index (χ0) is 17.1. The van der Waals surface area contributed by atoms with Crippen LogP contribution in [-0.4, -0.2) is 63.0 Å². The maximum absolute atomic E-state index is 12.0. The molecule has 1 saturated heterocycles. The lowest BCUT2D eigenvalue weighted by molar-refractivity contribution is -0.145. The van der Waals surface area contributed by atoms with Gasteiger partial charge < -0.3 is 24.3 Å². The van der Waals surface area contributed by atoms with Gasteiger partial charge in [-0.3, -0.25) is 14.5 Å². The molecule has 24 heavy (non-hydrogen) atoms. The Bertz CT molecular complexity index is 635. The first-order valence-corrected chi connectivity index (χ1v) is 7.66. The van der Waals surface area contributed by atoms with Gasteiger partial charge in [-0.1, -0.05) is 0 Å². The number of likely N-dealkylation sites (N-methyl/N-ethyl adjacent to an activating group) is 1. The standard InChI is InChI=1S/C16H20N2O6/c1-18-7-10(5-12(18)16(20)21-2)17-15(19)8-22-11-3-4-13-14(6-11)24-9-23-13/h3-4,6,10,12H,5,7-9H2,1-2H3,(H,17,19)/t10-,12+/m1/s1. The van der Waals surface area contributed by atoms with E-state index in [1.807, 2.05) is 11.9 Å². The SMILES string of the molecule is COC(=O)[C@@H]1C[C@@H](NC(=O)COc2ccc3c(c2)OCO3)CN1C. The Balaban J connectivity index is 1.47. The smallest absolute Gasteiger partial charge is 0.323 e. The highest BCUT2D eigenvalue weighted by Gasteiger charge is 2.35. The molecule has 1 aromatic rings. The molecule has 0 unspecified atom stereocenters. The summed E-state index contributed by atoms with van der Waals surface area (Å²) in [6.07, 6.45) is 0.527. The van der Waals surface area contributed by atoms with Crippen LogP contribution in [-0.2, 0) is 14.3 Å². The van der Waals surface area contributed by atoms with Crippen molar-refractivity contribution in [1.29, 1.82) is 0 Å². The Morgan fingerprint density at radius 1 is 1.33 bits per heavy atom. The van der Waals surface area contributed by atoms with E-state index < -0.39 is 0 Å². The maximum Gasteiger partial charge on any atom is 0.323 e. The summed E-state index contributed by atoms with van der Waals surface area (Å²) in [5, 5.41) is 2.87. The van der Waals surface area contributed by atoms with Gasteiger partial charge in [-0.05, 0) is 25.6 Å². The molecular weight excluding hydrogens is 316 g/mol. The summed E-state index contributed by atoms with van der Waals surface area (Å²) in [7, 11) is 3.19. The van der Waals surface area contributed by atoms with Crippen LogP contribution in [0.4, 0.5) is 0 Å². The molecule has 2 aliphatic heterocycles. The van der Waals surface area contributed by atoms with E-state index in [4.69, 9.17) is 18.9 Å². The largest absolute Gasteiger partial charge is 0.484 e. The third kappa shape index (κ3) is 3.53. The first-order valence-electron chi connectivity index (χ1n) is 7.66. The number of hydrogen-bond acceptors (Lipinski definition) is 7. The van der Waals surface area contributed by atoms with Crippen LogP contribution < -0.4 is 19.5 Å². The van der Waals surface area contributed by atoms with Crippen molar-refractivity contribution in [3.63, 3.8) is 0 Å². The summed E-state index contributed by atoms with van der Waals surface area (Å²) in [6, 6.07) is 4.72. The van der Waals surface area contributed by atoms with Crippen molar-refractivity contribution in [2.24, 2.45) is 0 Å². The molecule has 2 atom stereocenters. The van der Waals surface area contributed by atoms with Gasteiger partial charge >= 0.3 is 5.97 Å². The van der Waals surface area contributed by atoms with Crippen LogP contribution in [0.2, 0.25) is 0 Å². The highest BCUT2D eigenvalue weighted by atomic mass is 16.7. The molecule has 1 amide bonds. The number of amides is 1. The van der Waals surface area contributed by atoms with Crippen LogP contribution in [0.5, 0.6) is 17.2 Å². The molecule has 0 bridgehead atoms. The number of fused-ring (bicyclic) bond motifs is 1. The van der Waals surface area contributed by atoms with E-state index >= 15 is 0 Å². The van der Waals surface area contributed by atoms with Gasteiger partial charge in [0.25, 0.3) is 5.91 Å². The lowest BCUT2D eigenvalue weighted by Gasteiger charge is -2.15. The predicted octanol–water partition coefficient (Wildman–Crippen LogP) is 0.156. The molecule has 8 heteroatoms. The molecule has 1 aromatic carbocycles. The van der Waals surface area contributed by atoms with Gasteiger partial charge in [-0.25, -0.2) is 0 Å². The molecule has 0 radical (unpaired) electrons. The van der Waals surface area contributed by atoms with Gasteiger partial charge in [0.05, 0.1) is 7.11 Å². The fourth-order valence-electron chi connectivity index (χ4n) is 2.90. The van der Waals surface area contributed by atoms with Crippen molar-refractivity contribution in [1.82, 2.24) is 10.2 Å². The molecule has 8 nitrogen and oxygen atoms in total. The van der Waals surface area contributed by atoms with E-state index in [1.54, 1.807) is 18.2 Å². The molecule has 2 heterocycles. The average molecular weight is 336 g/mol. The molecule has 3 rings (SSSR count). The summed E-state index contributed by atoms with van der Waals surface area (Å²) in [4.78, 5) is 25.5. The molecule has 0 aliphatic carbocycles. The van der Waals surface area contributed by atoms with E-state index in [-0.39, 0.29) is 37.4 Å². The third-order valence-electron chi connectivity index (χ3n) is 4.10. The number of carbonyl (C=O) groups excluding carboxylic acids is 2. The zero-order valence-electron chi connectivity index (χ0n) is 13.6. The number of nitrogens with zero attached hydrogens (tertiary/aromatic N) is 1. The lowest BCUT2D eigenvalue weighted by Crippen LogP contribution is -2.39. The number of likely N-dealkylation sites (tertiary alicyclic amines) is 1. The number of nitrogens with one attached hydrogen (secondary N) is 1. The van der Waals surface area contributed by atoms with Crippen LogP contribution >= 0.6 is 0 Å². The van der Waals surface area contributed by atoms with Gasteiger partial charge in [0.1, 0.15) is 11.8 Å². The Labute approximate surface area is 139 Å². The fourth-order valence-corrected chi connectivity index (χ4v) is 2.90. The van der Waals surface area contributed by atoms with Crippen molar-refractivity contribution in [2.45, 2.75) is 18.5 Å². The zero-order valence-corrected chi connectivity index (χ0v) is 13.6. The highest BCUT2D eigenvalue weighted by molar-refractivity contribution is 5.79. The quantitative estimate of drug-likeness (QED) is 0.766. The topological polar surface area (TPSA) is 86.3 Å². The molecular formula is C16H20N2O6. The summed E-state index contributed by atoms with van der Waals surface area (Å²) >= 11 is 0. The van der Waals surface area contributed by atoms with Crippen molar-refractivity contribution in [2.75, 3.05) is 34.1 Å². The second-order valence-electron chi connectivity index (χ2n) is 5.78. The number of ether oxygens (including phenoxy) is 4. The Morgan fingerprint density at radius 3 is 2.92 bits per heavy atom. The van der Waals surface area contributed by atoms with Crippen molar-refractivity contribution < 1.29 is 28.5 Å². The molecule has 1 N–H and O–H groups in total. The Hall–Kier alpha value is -2.48.